The molecule has 0 aliphatic carbocycles. The molecule has 0 spiro atoms. The molecule has 10 heteroatoms. The number of halogens is 3. The van der Waals surface area contributed by atoms with Gasteiger partial charge < -0.3 is 0 Å². The van der Waals surface area contributed by atoms with E-state index >= 15 is 0 Å². The molecule has 0 saturated carbocycles. The first-order valence-corrected chi connectivity index (χ1v) is 9.05. The number of aromatic nitrogens is 5. The molecule has 1 fully saturated rings. The molecule has 28 heavy (non-hydrogen) atoms. The van der Waals surface area contributed by atoms with Crippen LogP contribution in [0.3, 0.4) is 0 Å². The highest BCUT2D eigenvalue weighted by molar-refractivity contribution is 5.77. The SMILES string of the molecule is O=c1c2ccccc2nc(C2CCCN2CCn2cncn2)n1CC(F)(F)F. The van der Waals surface area contributed by atoms with Crippen LogP contribution in [-0.2, 0) is 13.1 Å². The minimum absolute atomic E-state index is 0.178. The van der Waals surface area contributed by atoms with Gasteiger partial charge in [0.25, 0.3) is 5.56 Å². The van der Waals surface area contributed by atoms with Gasteiger partial charge in [-0.2, -0.15) is 18.3 Å². The fourth-order valence-electron chi connectivity index (χ4n) is 3.74. The summed E-state index contributed by atoms with van der Waals surface area (Å²) in [6, 6.07) is 6.18. The zero-order valence-corrected chi connectivity index (χ0v) is 15.0. The van der Waals surface area contributed by atoms with E-state index in [1.54, 1.807) is 29.2 Å². The average Bonchev–Trinajstić information content (AvgIpc) is 3.32. The Labute approximate surface area is 158 Å². The predicted molar refractivity (Wildman–Crippen MR) is 95.6 cm³/mol. The molecule has 1 aliphatic heterocycles. The van der Waals surface area contributed by atoms with Crippen LogP contribution in [0.1, 0.15) is 24.7 Å². The van der Waals surface area contributed by atoms with Crippen molar-refractivity contribution in [2.24, 2.45) is 0 Å². The van der Waals surface area contributed by atoms with E-state index in [-0.39, 0.29) is 17.3 Å². The topological polar surface area (TPSA) is 68.8 Å². The molecule has 1 saturated heterocycles. The van der Waals surface area contributed by atoms with Gasteiger partial charge in [-0.25, -0.2) is 9.97 Å². The first-order valence-electron chi connectivity index (χ1n) is 9.05. The number of nitrogens with zero attached hydrogens (tertiary/aromatic N) is 6. The highest BCUT2D eigenvalue weighted by Crippen LogP contribution is 2.32. The van der Waals surface area contributed by atoms with Crippen LogP contribution in [0.25, 0.3) is 10.9 Å². The lowest BCUT2D eigenvalue weighted by Crippen LogP contribution is -2.36. The van der Waals surface area contributed by atoms with Gasteiger partial charge >= 0.3 is 6.18 Å². The summed E-state index contributed by atoms with van der Waals surface area (Å²) in [5.41, 5.74) is -0.231. The highest BCUT2D eigenvalue weighted by Gasteiger charge is 2.35. The summed E-state index contributed by atoms with van der Waals surface area (Å²) >= 11 is 0. The Bertz CT molecular complexity index is 1010. The van der Waals surface area contributed by atoms with Gasteiger partial charge in [-0.05, 0) is 31.5 Å². The summed E-state index contributed by atoms with van der Waals surface area (Å²) < 4.78 is 42.1. The van der Waals surface area contributed by atoms with Crippen LogP contribution in [0.15, 0.2) is 41.7 Å². The number of para-hydroxylation sites is 1. The number of benzene rings is 1. The van der Waals surface area contributed by atoms with Gasteiger partial charge in [0.05, 0.1) is 23.5 Å². The summed E-state index contributed by atoms with van der Waals surface area (Å²) in [6.45, 7) is 0.539. The third kappa shape index (κ3) is 3.77. The molecule has 3 aromatic rings. The van der Waals surface area contributed by atoms with Gasteiger partial charge in [0.15, 0.2) is 0 Å². The van der Waals surface area contributed by atoms with Crippen molar-refractivity contribution in [2.45, 2.75) is 38.1 Å². The summed E-state index contributed by atoms with van der Waals surface area (Å²) in [6.07, 6.45) is 0.00981. The Morgan fingerprint density at radius 2 is 2.00 bits per heavy atom. The molecule has 0 bridgehead atoms. The Hall–Kier alpha value is -2.75. The number of hydrogen-bond donors (Lipinski definition) is 0. The molecule has 4 rings (SSSR count). The van der Waals surface area contributed by atoms with E-state index in [1.807, 2.05) is 0 Å². The quantitative estimate of drug-likeness (QED) is 0.667. The largest absolute Gasteiger partial charge is 0.406 e. The van der Waals surface area contributed by atoms with Crippen LogP contribution < -0.4 is 5.56 Å². The average molecular weight is 392 g/mol. The van der Waals surface area contributed by atoms with E-state index in [9.17, 15) is 18.0 Å². The fraction of sp³-hybridized carbons (Fsp3) is 0.444. The van der Waals surface area contributed by atoms with Crippen molar-refractivity contribution in [1.29, 1.82) is 0 Å². The van der Waals surface area contributed by atoms with Gasteiger partial charge in [-0.15, -0.1) is 0 Å². The predicted octanol–water partition coefficient (Wildman–Crippen LogP) is 2.39. The van der Waals surface area contributed by atoms with Crippen molar-refractivity contribution in [2.75, 3.05) is 13.1 Å². The number of likely N-dealkylation sites (tertiary alicyclic amines) is 1. The molecule has 0 radical (unpaired) electrons. The Balaban J connectivity index is 1.73. The molecule has 3 heterocycles. The fourth-order valence-corrected chi connectivity index (χ4v) is 3.74. The smallest absolute Gasteiger partial charge is 0.292 e. The molecule has 1 aromatic carbocycles. The lowest BCUT2D eigenvalue weighted by molar-refractivity contribution is -0.142. The van der Waals surface area contributed by atoms with Gasteiger partial charge in [-0.1, -0.05) is 12.1 Å². The van der Waals surface area contributed by atoms with Crippen LogP contribution >= 0.6 is 0 Å². The van der Waals surface area contributed by atoms with Crippen molar-refractivity contribution in [1.82, 2.24) is 29.2 Å². The number of hydrogen-bond acceptors (Lipinski definition) is 5. The first kappa shape index (κ1) is 18.6. The summed E-state index contributed by atoms with van der Waals surface area (Å²) in [4.78, 5) is 23.3. The minimum atomic E-state index is -4.51. The second-order valence-electron chi connectivity index (χ2n) is 6.85. The molecular formula is C18H19F3N6O. The van der Waals surface area contributed by atoms with Crippen LogP contribution in [0.4, 0.5) is 13.2 Å². The lowest BCUT2D eigenvalue weighted by Gasteiger charge is -2.26. The van der Waals surface area contributed by atoms with Gasteiger partial charge in [0.2, 0.25) is 0 Å². The molecule has 0 N–H and O–H groups in total. The highest BCUT2D eigenvalue weighted by atomic mass is 19.4. The zero-order chi connectivity index (χ0) is 19.7. The number of alkyl halides is 3. The summed E-state index contributed by atoms with van der Waals surface area (Å²) in [5, 5.41) is 4.25. The first-order chi connectivity index (χ1) is 13.4. The molecule has 1 atom stereocenters. The van der Waals surface area contributed by atoms with Crippen LogP contribution in [0.2, 0.25) is 0 Å². The molecular weight excluding hydrogens is 373 g/mol. The molecule has 1 aliphatic rings. The third-order valence-electron chi connectivity index (χ3n) is 4.97. The van der Waals surface area contributed by atoms with Gasteiger partial charge in [0.1, 0.15) is 25.0 Å². The maximum Gasteiger partial charge on any atom is 0.406 e. The summed E-state index contributed by atoms with van der Waals surface area (Å²) in [7, 11) is 0. The van der Waals surface area contributed by atoms with E-state index in [4.69, 9.17) is 0 Å². The third-order valence-corrected chi connectivity index (χ3v) is 4.97. The van der Waals surface area contributed by atoms with Crippen LogP contribution in [-0.4, -0.2) is 48.5 Å². The molecule has 0 amide bonds. The molecule has 1 unspecified atom stereocenters. The Kier molecular flexibility index (Phi) is 4.88. The Morgan fingerprint density at radius 3 is 2.75 bits per heavy atom. The van der Waals surface area contributed by atoms with E-state index < -0.39 is 18.3 Å². The second kappa shape index (κ2) is 7.34. The van der Waals surface area contributed by atoms with Gasteiger partial charge in [-0.3, -0.25) is 18.9 Å². The van der Waals surface area contributed by atoms with Crippen molar-refractivity contribution in [3.63, 3.8) is 0 Å². The number of rotatable bonds is 5. The van der Waals surface area contributed by atoms with Gasteiger partial charge in [0, 0.05) is 6.54 Å². The zero-order valence-electron chi connectivity index (χ0n) is 15.0. The Morgan fingerprint density at radius 1 is 1.18 bits per heavy atom. The molecule has 148 valence electrons. The monoisotopic (exact) mass is 392 g/mol. The lowest BCUT2D eigenvalue weighted by atomic mass is 10.1. The molecule has 7 nitrogen and oxygen atoms in total. The van der Waals surface area contributed by atoms with E-state index in [0.717, 1.165) is 17.5 Å². The van der Waals surface area contributed by atoms with Crippen molar-refractivity contribution in [3.05, 3.63) is 53.1 Å². The van der Waals surface area contributed by atoms with Crippen molar-refractivity contribution < 1.29 is 13.2 Å². The number of fused-ring (bicyclic) bond motifs is 1. The molecule has 2 aromatic heterocycles. The van der Waals surface area contributed by atoms with E-state index in [2.05, 4.69) is 20.0 Å². The maximum absolute atomic E-state index is 13.2. The van der Waals surface area contributed by atoms with Crippen molar-refractivity contribution in [3.8, 4) is 0 Å². The summed E-state index contributed by atoms with van der Waals surface area (Å²) in [5.74, 6) is 0.178. The normalized spacial score (nSPS) is 18.2. The second-order valence-corrected chi connectivity index (χ2v) is 6.85. The van der Waals surface area contributed by atoms with Crippen LogP contribution in [0, 0.1) is 0 Å². The van der Waals surface area contributed by atoms with E-state index in [1.165, 1.54) is 12.4 Å². The maximum atomic E-state index is 13.2. The van der Waals surface area contributed by atoms with Crippen molar-refractivity contribution >= 4 is 10.9 Å². The van der Waals surface area contributed by atoms with Crippen LogP contribution in [0.5, 0.6) is 0 Å². The standard InChI is InChI=1S/C18H19F3N6O/c19-18(20,21)10-27-16(24-14-5-2-1-4-13(14)17(27)28)15-6-3-7-25(15)8-9-26-12-22-11-23-26/h1-2,4-5,11-12,15H,3,6-10H2. The minimum Gasteiger partial charge on any atom is -0.292 e. The van der Waals surface area contributed by atoms with E-state index in [0.29, 0.717) is 25.0 Å².